The van der Waals surface area contributed by atoms with Crippen molar-refractivity contribution in [3.8, 4) is 11.5 Å². The zero-order valence-corrected chi connectivity index (χ0v) is 16.7. The van der Waals surface area contributed by atoms with Crippen LogP contribution in [0.2, 0.25) is 5.02 Å². The fraction of sp³-hybridized carbons (Fsp3) is 0.381. The van der Waals surface area contributed by atoms with Crippen LogP contribution < -0.4 is 9.47 Å². The molecule has 1 aliphatic rings. The summed E-state index contributed by atoms with van der Waals surface area (Å²) in [4.78, 5) is 2.44. The minimum atomic E-state index is 0.615. The number of ether oxygens (including phenoxy) is 2. The summed E-state index contributed by atoms with van der Waals surface area (Å²) in [6.45, 7) is 7.34. The monoisotopic (exact) mass is 387 g/mol. The lowest BCUT2D eigenvalue weighted by Gasteiger charge is -2.33. The highest BCUT2D eigenvalue weighted by molar-refractivity contribution is 6.30. The second-order valence-corrected chi connectivity index (χ2v) is 6.88. The Balaban J connectivity index is 1.52. The van der Waals surface area contributed by atoms with Crippen molar-refractivity contribution in [1.29, 1.82) is 0 Å². The van der Waals surface area contributed by atoms with Crippen molar-refractivity contribution in [2.45, 2.75) is 13.5 Å². The first-order chi connectivity index (χ1) is 13.2. The van der Waals surface area contributed by atoms with Gasteiger partial charge in [-0.3, -0.25) is 9.91 Å². The lowest BCUT2D eigenvalue weighted by molar-refractivity contribution is 0.131. The van der Waals surface area contributed by atoms with Crippen molar-refractivity contribution in [1.82, 2.24) is 9.91 Å². The quantitative estimate of drug-likeness (QED) is 0.675. The van der Waals surface area contributed by atoms with Crippen LogP contribution in [0.5, 0.6) is 11.5 Å². The van der Waals surface area contributed by atoms with Gasteiger partial charge in [0.05, 0.1) is 19.9 Å². The summed E-state index contributed by atoms with van der Waals surface area (Å²) in [5.41, 5.74) is 2.29. The lowest BCUT2D eigenvalue weighted by Crippen LogP contribution is -2.43. The Morgan fingerprint density at radius 1 is 1.04 bits per heavy atom. The molecule has 0 spiro atoms. The van der Waals surface area contributed by atoms with Crippen molar-refractivity contribution in [2.75, 3.05) is 39.9 Å². The molecule has 0 N–H and O–H groups in total. The number of piperazine rings is 1. The van der Waals surface area contributed by atoms with Gasteiger partial charge in [0, 0.05) is 37.7 Å². The Hall–Kier alpha value is -2.24. The topological polar surface area (TPSA) is 37.3 Å². The third kappa shape index (κ3) is 5.62. The van der Waals surface area contributed by atoms with Crippen molar-refractivity contribution in [3.63, 3.8) is 0 Å². The Kier molecular flexibility index (Phi) is 6.96. The van der Waals surface area contributed by atoms with Gasteiger partial charge in [-0.25, -0.2) is 0 Å². The van der Waals surface area contributed by atoms with Crippen LogP contribution in [0, 0.1) is 0 Å². The van der Waals surface area contributed by atoms with Gasteiger partial charge in [0.15, 0.2) is 11.5 Å². The van der Waals surface area contributed by atoms with E-state index in [1.165, 1.54) is 5.56 Å². The fourth-order valence-electron chi connectivity index (χ4n) is 3.05. The molecule has 3 rings (SSSR count). The van der Waals surface area contributed by atoms with Gasteiger partial charge in [0.2, 0.25) is 0 Å². The molecule has 1 fully saturated rings. The molecule has 27 heavy (non-hydrogen) atoms. The van der Waals surface area contributed by atoms with Crippen LogP contribution in [0.3, 0.4) is 0 Å². The molecule has 0 radical (unpaired) electrons. The maximum Gasteiger partial charge on any atom is 0.161 e. The molecule has 0 aromatic heterocycles. The highest BCUT2D eigenvalue weighted by atomic mass is 35.5. The molecule has 0 atom stereocenters. The molecule has 1 saturated heterocycles. The maximum absolute atomic E-state index is 5.95. The lowest BCUT2D eigenvalue weighted by atomic mass is 10.2. The van der Waals surface area contributed by atoms with Crippen molar-refractivity contribution < 1.29 is 9.47 Å². The first kappa shape index (κ1) is 19.5. The summed E-state index contributed by atoms with van der Waals surface area (Å²) in [5.74, 6) is 1.49. The van der Waals surface area contributed by atoms with Crippen molar-refractivity contribution in [3.05, 3.63) is 58.6 Å². The predicted octanol–water partition coefficient (Wildman–Crippen LogP) is 3.90. The Bertz CT molecular complexity index is 757. The smallest absolute Gasteiger partial charge is 0.161 e. The average molecular weight is 388 g/mol. The molecule has 6 heteroatoms. The average Bonchev–Trinajstić information content (AvgIpc) is 2.70. The van der Waals surface area contributed by atoms with Gasteiger partial charge in [-0.1, -0.05) is 23.7 Å². The summed E-state index contributed by atoms with van der Waals surface area (Å²) in [6, 6.07) is 13.9. The summed E-state index contributed by atoms with van der Waals surface area (Å²) < 4.78 is 10.9. The van der Waals surface area contributed by atoms with E-state index in [2.05, 4.69) is 27.1 Å². The van der Waals surface area contributed by atoms with E-state index in [4.69, 9.17) is 21.1 Å². The van der Waals surface area contributed by atoms with E-state index >= 15 is 0 Å². The third-order valence-electron chi connectivity index (χ3n) is 4.53. The summed E-state index contributed by atoms with van der Waals surface area (Å²) >= 11 is 5.95. The largest absolute Gasteiger partial charge is 0.493 e. The van der Waals surface area contributed by atoms with E-state index in [1.807, 2.05) is 43.5 Å². The number of nitrogens with zero attached hydrogens (tertiary/aromatic N) is 3. The molecule has 1 aliphatic heterocycles. The SMILES string of the molecule is CCOc1ccc(C=NN2CCN(Cc3ccc(Cl)cc3)CC2)cc1OC. The first-order valence-corrected chi connectivity index (χ1v) is 9.62. The van der Waals surface area contributed by atoms with Gasteiger partial charge in [0.1, 0.15) is 0 Å². The summed E-state index contributed by atoms with van der Waals surface area (Å²) in [5, 5.41) is 7.52. The maximum atomic E-state index is 5.95. The summed E-state index contributed by atoms with van der Waals surface area (Å²) in [6.07, 6.45) is 1.88. The molecule has 0 aliphatic carbocycles. The zero-order valence-electron chi connectivity index (χ0n) is 15.9. The molecule has 0 saturated carbocycles. The number of hydrogen-bond acceptors (Lipinski definition) is 5. The Morgan fingerprint density at radius 2 is 1.78 bits per heavy atom. The predicted molar refractivity (Wildman–Crippen MR) is 110 cm³/mol. The second-order valence-electron chi connectivity index (χ2n) is 6.44. The van der Waals surface area contributed by atoms with E-state index in [-0.39, 0.29) is 0 Å². The molecular weight excluding hydrogens is 362 g/mol. The number of halogens is 1. The van der Waals surface area contributed by atoms with Gasteiger partial charge in [-0.05, 0) is 48.4 Å². The number of rotatable bonds is 7. The van der Waals surface area contributed by atoms with E-state index in [0.29, 0.717) is 6.61 Å². The fourth-order valence-corrected chi connectivity index (χ4v) is 3.17. The molecule has 0 amide bonds. The van der Waals surface area contributed by atoms with Crippen LogP contribution >= 0.6 is 11.6 Å². The second kappa shape index (κ2) is 9.62. The van der Waals surface area contributed by atoms with E-state index in [1.54, 1.807) is 7.11 Å². The van der Waals surface area contributed by atoms with Gasteiger partial charge >= 0.3 is 0 Å². The molecule has 2 aromatic rings. The first-order valence-electron chi connectivity index (χ1n) is 9.24. The van der Waals surface area contributed by atoms with Crippen LogP contribution in [0.25, 0.3) is 0 Å². The van der Waals surface area contributed by atoms with Gasteiger partial charge < -0.3 is 9.47 Å². The third-order valence-corrected chi connectivity index (χ3v) is 4.78. The highest BCUT2D eigenvalue weighted by Crippen LogP contribution is 2.27. The van der Waals surface area contributed by atoms with Crippen LogP contribution in [0.4, 0.5) is 0 Å². The molecule has 144 valence electrons. The van der Waals surface area contributed by atoms with Crippen LogP contribution in [0.1, 0.15) is 18.1 Å². The molecule has 0 bridgehead atoms. The van der Waals surface area contributed by atoms with Crippen LogP contribution in [-0.4, -0.2) is 56.0 Å². The molecule has 5 nitrogen and oxygen atoms in total. The number of benzene rings is 2. The normalized spacial score (nSPS) is 15.3. The molecule has 0 unspecified atom stereocenters. The van der Waals surface area contributed by atoms with Crippen LogP contribution in [-0.2, 0) is 6.54 Å². The van der Waals surface area contributed by atoms with Crippen molar-refractivity contribution >= 4 is 17.8 Å². The Morgan fingerprint density at radius 3 is 2.44 bits per heavy atom. The van der Waals surface area contributed by atoms with Gasteiger partial charge in [-0.2, -0.15) is 5.10 Å². The standard InChI is InChI=1S/C21H26ClN3O2/c1-3-27-20-9-6-18(14-21(20)26-2)15-23-25-12-10-24(11-13-25)16-17-4-7-19(22)8-5-17/h4-9,14-15H,3,10-13,16H2,1-2H3. The number of hydrogen-bond donors (Lipinski definition) is 0. The van der Waals surface area contributed by atoms with Crippen LogP contribution in [0.15, 0.2) is 47.6 Å². The van der Waals surface area contributed by atoms with Gasteiger partial charge in [-0.15, -0.1) is 0 Å². The molecule has 1 heterocycles. The molecular formula is C21H26ClN3O2. The minimum Gasteiger partial charge on any atom is -0.493 e. The minimum absolute atomic E-state index is 0.615. The zero-order chi connectivity index (χ0) is 19.1. The van der Waals surface area contributed by atoms with E-state index in [9.17, 15) is 0 Å². The van der Waals surface area contributed by atoms with Crippen molar-refractivity contribution in [2.24, 2.45) is 5.10 Å². The highest BCUT2D eigenvalue weighted by Gasteiger charge is 2.15. The Labute approximate surface area is 166 Å². The number of methoxy groups -OCH3 is 1. The van der Waals surface area contributed by atoms with E-state index < -0.39 is 0 Å². The molecule has 2 aromatic carbocycles. The van der Waals surface area contributed by atoms with Gasteiger partial charge in [0.25, 0.3) is 0 Å². The number of hydrazone groups is 1. The van der Waals surface area contributed by atoms with E-state index in [0.717, 1.165) is 54.8 Å². The summed E-state index contributed by atoms with van der Waals surface area (Å²) in [7, 11) is 1.65.